The van der Waals surface area contributed by atoms with Crippen LogP contribution in [0.4, 0.5) is 0 Å². The molecule has 0 spiro atoms. The highest BCUT2D eigenvalue weighted by molar-refractivity contribution is 5.66. The van der Waals surface area contributed by atoms with Gasteiger partial charge in [0.1, 0.15) is 0 Å². The van der Waals surface area contributed by atoms with Crippen LogP contribution in [0.15, 0.2) is 0 Å². The molecule has 152 valence electrons. The molecule has 0 amide bonds. The van der Waals surface area contributed by atoms with E-state index in [1.54, 1.807) is 0 Å². The van der Waals surface area contributed by atoms with Gasteiger partial charge in [-0.3, -0.25) is 4.79 Å². The standard InChI is InChI=1S/C18H39N.C4H8O2/c1-4-7-10-13-16-19(17-14-11-8-5-2)18-15-12-9-6-3;1-2-3-4(5)6/h4-18H2,1-3H3;2-3H2,1H3,(H,5,6). The highest BCUT2D eigenvalue weighted by atomic mass is 16.4. The van der Waals surface area contributed by atoms with Gasteiger partial charge in [0.25, 0.3) is 0 Å². The monoisotopic (exact) mass is 357 g/mol. The number of hydrogen-bond acceptors (Lipinski definition) is 2. The van der Waals surface area contributed by atoms with E-state index in [1.165, 1.54) is 96.7 Å². The quantitative estimate of drug-likeness (QED) is 0.288. The smallest absolute Gasteiger partial charge is 0.303 e. The van der Waals surface area contributed by atoms with Crippen LogP contribution in [0.25, 0.3) is 0 Å². The predicted octanol–water partition coefficient (Wildman–Crippen LogP) is 6.90. The second-order valence-corrected chi connectivity index (χ2v) is 7.17. The molecule has 0 aromatic heterocycles. The molecular formula is C22H47NO2. The molecular weight excluding hydrogens is 310 g/mol. The fraction of sp³-hybridized carbons (Fsp3) is 0.955. The summed E-state index contributed by atoms with van der Waals surface area (Å²) in [6.45, 7) is 12.8. The summed E-state index contributed by atoms with van der Waals surface area (Å²) in [5, 5.41) is 7.91. The van der Waals surface area contributed by atoms with E-state index in [2.05, 4.69) is 25.7 Å². The van der Waals surface area contributed by atoms with Crippen molar-refractivity contribution in [2.45, 2.75) is 118 Å². The summed E-state index contributed by atoms with van der Waals surface area (Å²) in [5.74, 6) is -0.711. The van der Waals surface area contributed by atoms with Crippen molar-refractivity contribution in [1.82, 2.24) is 4.90 Å². The zero-order valence-corrected chi connectivity index (χ0v) is 17.8. The summed E-state index contributed by atoms with van der Waals surface area (Å²) in [4.78, 5) is 12.3. The minimum Gasteiger partial charge on any atom is -0.481 e. The molecule has 0 rings (SSSR count). The van der Waals surface area contributed by atoms with Crippen molar-refractivity contribution in [2.24, 2.45) is 0 Å². The van der Waals surface area contributed by atoms with Gasteiger partial charge in [-0.05, 0) is 45.3 Å². The number of carboxylic acids is 1. The summed E-state index contributed by atoms with van der Waals surface area (Å²) in [6.07, 6.45) is 17.9. The first kappa shape index (κ1) is 26.7. The lowest BCUT2D eigenvalue weighted by atomic mass is 10.1. The van der Waals surface area contributed by atoms with Crippen molar-refractivity contribution >= 4 is 5.97 Å². The Morgan fingerprint density at radius 3 is 1.16 bits per heavy atom. The summed E-state index contributed by atoms with van der Waals surface area (Å²) in [5.41, 5.74) is 0. The first-order chi connectivity index (χ1) is 12.1. The molecule has 0 fully saturated rings. The second-order valence-electron chi connectivity index (χ2n) is 7.17. The van der Waals surface area contributed by atoms with E-state index >= 15 is 0 Å². The Balaban J connectivity index is 0. The van der Waals surface area contributed by atoms with Gasteiger partial charge >= 0.3 is 5.97 Å². The highest BCUT2D eigenvalue weighted by Gasteiger charge is 2.04. The van der Waals surface area contributed by atoms with Gasteiger partial charge in [-0.25, -0.2) is 0 Å². The van der Waals surface area contributed by atoms with Crippen LogP contribution in [0.3, 0.4) is 0 Å². The molecule has 0 aromatic rings. The number of unbranched alkanes of at least 4 members (excludes halogenated alkanes) is 9. The van der Waals surface area contributed by atoms with E-state index < -0.39 is 5.97 Å². The van der Waals surface area contributed by atoms with E-state index in [-0.39, 0.29) is 0 Å². The SMILES string of the molecule is CCCC(=O)O.CCCCCCN(CCCCCC)CCCCCC. The third kappa shape index (κ3) is 25.8. The lowest BCUT2D eigenvalue weighted by molar-refractivity contribution is -0.137. The van der Waals surface area contributed by atoms with Gasteiger partial charge in [0, 0.05) is 6.42 Å². The Bertz CT molecular complexity index is 228. The maximum atomic E-state index is 9.60. The van der Waals surface area contributed by atoms with Crippen LogP contribution >= 0.6 is 0 Å². The fourth-order valence-electron chi connectivity index (χ4n) is 2.84. The van der Waals surface area contributed by atoms with Crippen molar-refractivity contribution in [2.75, 3.05) is 19.6 Å². The summed E-state index contributed by atoms with van der Waals surface area (Å²) in [7, 11) is 0. The van der Waals surface area contributed by atoms with Crippen LogP contribution in [-0.4, -0.2) is 35.6 Å². The summed E-state index contributed by atoms with van der Waals surface area (Å²) < 4.78 is 0. The molecule has 3 nitrogen and oxygen atoms in total. The van der Waals surface area contributed by atoms with Crippen molar-refractivity contribution < 1.29 is 9.90 Å². The number of hydrogen-bond donors (Lipinski definition) is 1. The average Bonchev–Trinajstić information content (AvgIpc) is 2.59. The zero-order chi connectivity index (χ0) is 19.2. The normalized spacial score (nSPS) is 10.6. The molecule has 1 N–H and O–H groups in total. The van der Waals surface area contributed by atoms with Gasteiger partial charge in [-0.1, -0.05) is 85.5 Å². The Kier molecular flexibility index (Phi) is 25.0. The van der Waals surface area contributed by atoms with E-state index in [1.807, 2.05) is 6.92 Å². The Morgan fingerprint density at radius 2 is 0.960 bits per heavy atom. The number of nitrogens with zero attached hydrogens (tertiary/aromatic N) is 1. The van der Waals surface area contributed by atoms with Gasteiger partial charge in [-0.2, -0.15) is 0 Å². The van der Waals surface area contributed by atoms with Crippen LogP contribution in [0.1, 0.15) is 118 Å². The molecule has 0 aromatic carbocycles. The predicted molar refractivity (Wildman–Crippen MR) is 111 cm³/mol. The van der Waals surface area contributed by atoms with Gasteiger partial charge < -0.3 is 10.0 Å². The molecule has 0 bridgehead atoms. The van der Waals surface area contributed by atoms with Crippen molar-refractivity contribution in [3.63, 3.8) is 0 Å². The van der Waals surface area contributed by atoms with Crippen LogP contribution in [0.5, 0.6) is 0 Å². The topological polar surface area (TPSA) is 40.5 Å². The molecule has 0 saturated carbocycles. The van der Waals surface area contributed by atoms with Gasteiger partial charge in [0.15, 0.2) is 0 Å². The van der Waals surface area contributed by atoms with E-state index in [9.17, 15) is 4.79 Å². The summed E-state index contributed by atoms with van der Waals surface area (Å²) >= 11 is 0. The number of carboxylic acid groups (broad SMARTS) is 1. The van der Waals surface area contributed by atoms with Gasteiger partial charge in [0.05, 0.1) is 0 Å². The van der Waals surface area contributed by atoms with Crippen LogP contribution in [0, 0.1) is 0 Å². The maximum absolute atomic E-state index is 9.60. The lowest BCUT2D eigenvalue weighted by Crippen LogP contribution is -2.27. The third-order valence-corrected chi connectivity index (χ3v) is 4.45. The van der Waals surface area contributed by atoms with Crippen LogP contribution in [-0.2, 0) is 4.79 Å². The Labute approximate surface area is 158 Å². The molecule has 0 saturated heterocycles. The van der Waals surface area contributed by atoms with Crippen molar-refractivity contribution in [3.05, 3.63) is 0 Å². The number of aliphatic carboxylic acids is 1. The molecule has 0 unspecified atom stereocenters. The molecule has 0 aliphatic rings. The molecule has 0 aliphatic heterocycles. The fourth-order valence-corrected chi connectivity index (χ4v) is 2.84. The minimum atomic E-state index is -0.711. The number of carbonyl (C=O) groups is 1. The van der Waals surface area contributed by atoms with Crippen molar-refractivity contribution in [1.29, 1.82) is 0 Å². The Hall–Kier alpha value is -0.570. The molecule has 3 heteroatoms. The van der Waals surface area contributed by atoms with Crippen molar-refractivity contribution in [3.8, 4) is 0 Å². The molecule has 0 aliphatic carbocycles. The largest absolute Gasteiger partial charge is 0.481 e. The first-order valence-corrected chi connectivity index (χ1v) is 11.1. The minimum absolute atomic E-state index is 0.292. The maximum Gasteiger partial charge on any atom is 0.303 e. The van der Waals surface area contributed by atoms with Gasteiger partial charge in [0.2, 0.25) is 0 Å². The zero-order valence-electron chi connectivity index (χ0n) is 17.8. The third-order valence-electron chi connectivity index (χ3n) is 4.45. The molecule has 0 radical (unpaired) electrons. The molecule has 0 atom stereocenters. The molecule has 25 heavy (non-hydrogen) atoms. The average molecular weight is 358 g/mol. The van der Waals surface area contributed by atoms with Crippen LogP contribution < -0.4 is 0 Å². The Morgan fingerprint density at radius 1 is 0.600 bits per heavy atom. The van der Waals surface area contributed by atoms with Gasteiger partial charge in [-0.15, -0.1) is 0 Å². The van der Waals surface area contributed by atoms with E-state index in [4.69, 9.17) is 5.11 Å². The van der Waals surface area contributed by atoms with E-state index in [0.29, 0.717) is 6.42 Å². The van der Waals surface area contributed by atoms with Crippen LogP contribution in [0.2, 0.25) is 0 Å². The first-order valence-electron chi connectivity index (χ1n) is 11.1. The highest BCUT2D eigenvalue weighted by Crippen LogP contribution is 2.08. The molecule has 0 heterocycles. The second kappa shape index (κ2) is 23.4. The lowest BCUT2D eigenvalue weighted by Gasteiger charge is -2.22. The van der Waals surface area contributed by atoms with E-state index in [0.717, 1.165) is 6.42 Å². The number of rotatable bonds is 17. The summed E-state index contributed by atoms with van der Waals surface area (Å²) in [6, 6.07) is 0.